The second kappa shape index (κ2) is 9.30. The highest BCUT2D eigenvalue weighted by Gasteiger charge is 2.14. The number of rotatable bonds is 8. The number of methoxy groups -OCH3 is 1. The maximum Gasteiger partial charge on any atom is 0.259 e. The van der Waals surface area contributed by atoms with E-state index < -0.39 is 0 Å². The summed E-state index contributed by atoms with van der Waals surface area (Å²) >= 11 is 3.38. The highest BCUT2D eigenvalue weighted by Crippen LogP contribution is 2.25. The smallest absolute Gasteiger partial charge is 0.259 e. The van der Waals surface area contributed by atoms with Crippen LogP contribution in [0.4, 0.5) is 5.69 Å². The normalized spacial score (nSPS) is 10.3. The molecule has 2 aromatic carbocycles. The van der Waals surface area contributed by atoms with Crippen molar-refractivity contribution in [3.05, 3.63) is 52.5 Å². The summed E-state index contributed by atoms with van der Waals surface area (Å²) in [6, 6.07) is 12.6. The Kier molecular flexibility index (Phi) is 7.08. The molecule has 0 saturated carbocycles. The zero-order chi connectivity index (χ0) is 17.4. The first-order chi connectivity index (χ1) is 11.6. The minimum atomic E-state index is -0.252. The summed E-state index contributed by atoms with van der Waals surface area (Å²) in [5.41, 5.74) is 1.11. The standard InChI is InChI=1S/C18H20BrNO4/c1-3-23-15-6-4-5-14(12-15)20-18(21)16-11-13(19)7-8-17(16)24-10-9-22-2/h4-8,11-12H,3,9-10H2,1-2H3,(H,20,21). The number of halogens is 1. The van der Waals surface area contributed by atoms with Crippen LogP contribution in [0.1, 0.15) is 17.3 Å². The van der Waals surface area contributed by atoms with Gasteiger partial charge in [0.1, 0.15) is 18.1 Å². The van der Waals surface area contributed by atoms with E-state index in [2.05, 4.69) is 21.2 Å². The van der Waals surface area contributed by atoms with Crippen molar-refractivity contribution in [1.82, 2.24) is 0 Å². The lowest BCUT2D eigenvalue weighted by atomic mass is 10.2. The number of anilines is 1. The van der Waals surface area contributed by atoms with Crippen LogP contribution < -0.4 is 14.8 Å². The fraction of sp³-hybridized carbons (Fsp3) is 0.278. The number of hydrogen-bond donors (Lipinski definition) is 1. The Balaban J connectivity index is 2.16. The van der Waals surface area contributed by atoms with Crippen LogP contribution in [0.25, 0.3) is 0 Å². The van der Waals surface area contributed by atoms with Gasteiger partial charge in [0.15, 0.2) is 0 Å². The molecule has 0 unspecified atom stereocenters. The first-order valence-electron chi connectivity index (χ1n) is 7.59. The average molecular weight is 394 g/mol. The van der Waals surface area contributed by atoms with Gasteiger partial charge in [-0.3, -0.25) is 4.79 Å². The van der Waals surface area contributed by atoms with Gasteiger partial charge in [-0.15, -0.1) is 0 Å². The van der Waals surface area contributed by atoms with Crippen molar-refractivity contribution in [2.24, 2.45) is 0 Å². The molecule has 0 atom stereocenters. The van der Waals surface area contributed by atoms with Gasteiger partial charge >= 0.3 is 0 Å². The van der Waals surface area contributed by atoms with E-state index in [1.165, 1.54) is 0 Å². The van der Waals surface area contributed by atoms with Gasteiger partial charge in [0.05, 0.1) is 18.8 Å². The fourth-order valence-corrected chi connectivity index (χ4v) is 2.43. The van der Waals surface area contributed by atoms with Crippen molar-refractivity contribution in [3.63, 3.8) is 0 Å². The number of hydrogen-bond acceptors (Lipinski definition) is 4. The van der Waals surface area contributed by atoms with Gasteiger partial charge in [0, 0.05) is 23.3 Å². The van der Waals surface area contributed by atoms with Crippen LogP contribution in [0, 0.1) is 0 Å². The Labute approximate surface area is 150 Å². The van der Waals surface area contributed by atoms with E-state index in [-0.39, 0.29) is 5.91 Å². The van der Waals surface area contributed by atoms with Crippen molar-refractivity contribution in [2.45, 2.75) is 6.92 Å². The summed E-state index contributed by atoms with van der Waals surface area (Å²) in [5, 5.41) is 2.86. The molecule has 0 aliphatic carbocycles. The Morgan fingerprint density at radius 1 is 1.12 bits per heavy atom. The van der Waals surface area contributed by atoms with Crippen LogP contribution in [0.15, 0.2) is 46.9 Å². The number of nitrogens with one attached hydrogen (secondary N) is 1. The Morgan fingerprint density at radius 3 is 2.71 bits per heavy atom. The van der Waals surface area contributed by atoms with Crippen molar-refractivity contribution in [3.8, 4) is 11.5 Å². The second-order valence-corrected chi connectivity index (χ2v) is 5.81. The van der Waals surface area contributed by atoms with Crippen LogP contribution in [-0.4, -0.2) is 32.8 Å². The number of amides is 1. The number of benzene rings is 2. The Hall–Kier alpha value is -2.05. The molecule has 2 aromatic rings. The van der Waals surface area contributed by atoms with Crippen LogP contribution in [0.3, 0.4) is 0 Å². The van der Waals surface area contributed by atoms with E-state index in [1.54, 1.807) is 25.3 Å². The molecule has 5 nitrogen and oxygen atoms in total. The molecule has 1 amide bonds. The molecule has 1 N–H and O–H groups in total. The summed E-state index contributed by atoms with van der Waals surface area (Å²) in [4.78, 5) is 12.6. The summed E-state index contributed by atoms with van der Waals surface area (Å²) in [5.74, 6) is 0.965. The maximum atomic E-state index is 12.6. The molecule has 2 rings (SSSR count). The fourth-order valence-electron chi connectivity index (χ4n) is 2.07. The van der Waals surface area contributed by atoms with Gasteiger partial charge in [-0.1, -0.05) is 22.0 Å². The van der Waals surface area contributed by atoms with Gasteiger partial charge in [-0.2, -0.15) is 0 Å². The van der Waals surface area contributed by atoms with E-state index in [1.807, 2.05) is 31.2 Å². The molecule has 6 heteroatoms. The highest BCUT2D eigenvalue weighted by atomic mass is 79.9. The predicted octanol–water partition coefficient (Wildman–Crippen LogP) is 4.13. The van der Waals surface area contributed by atoms with E-state index in [4.69, 9.17) is 14.2 Å². The van der Waals surface area contributed by atoms with Gasteiger partial charge in [0.25, 0.3) is 5.91 Å². The number of carbonyl (C=O) groups is 1. The van der Waals surface area contributed by atoms with Crippen LogP contribution >= 0.6 is 15.9 Å². The third kappa shape index (κ3) is 5.25. The van der Waals surface area contributed by atoms with E-state index >= 15 is 0 Å². The second-order valence-electron chi connectivity index (χ2n) is 4.90. The number of carbonyl (C=O) groups excluding carboxylic acids is 1. The molecule has 0 heterocycles. The molecule has 128 valence electrons. The average Bonchev–Trinajstić information content (AvgIpc) is 2.57. The van der Waals surface area contributed by atoms with Crippen molar-refractivity contribution >= 4 is 27.5 Å². The minimum absolute atomic E-state index is 0.252. The van der Waals surface area contributed by atoms with Crippen molar-refractivity contribution < 1.29 is 19.0 Å². The van der Waals surface area contributed by atoms with Crippen LogP contribution in [0.5, 0.6) is 11.5 Å². The molecule has 0 aromatic heterocycles. The third-order valence-electron chi connectivity index (χ3n) is 3.13. The van der Waals surface area contributed by atoms with Crippen LogP contribution in [-0.2, 0) is 4.74 Å². The monoisotopic (exact) mass is 393 g/mol. The van der Waals surface area contributed by atoms with Crippen molar-refractivity contribution in [2.75, 3.05) is 32.2 Å². The van der Waals surface area contributed by atoms with Gasteiger partial charge in [-0.25, -0.2) is 0 Å². The molecule has 24 heavy (non-hydrogen) atoms. The molecule has 0 aliphatic rings. The maximum absolute atomic E-state index is 12.6. The Morgan fingerprint density at radius 2 is 1.96 bits per heavy atom. The van der Waals surface area contributed by atoms with Gasteiger partial charge in [0.2, 0.25) is 0 Å². The predicted molar refractivity (Wildman–Crippen MR) is 97.1 cm³/mol. The van der Waals surface area contributed by atoms with E-state index in [0.717, 1.165) is 4.47 Å². The lowest BCUT2D eigenvalue weighted by Gasteiger charge is -2.13. The lowest BCUT2D eigenvalue weighted by molar-refractivity contribution is 0.101. The SMILES string of the molecule is CCOc1cccc(NC(=O)c2cc(Br)ccc2OCCOC)c1. The van der Waals surface area contributed by atoms with Gasteiger partial charge in [-0.05, 0) is 37.3 Å². The van der Waals surface area contributed by atoms with E-state index in [0.29, 0.717) is 42.6 Å². The largest absolute Gasteiger partial charge is 0.494 e. The summed E-state index contributed by atoms with van der Waals surface area (Å²) in [6.45, 7) is 3.31. The molecule has 0 spiro atoms. The summed E-state index contributed by atoms with van der Waals surface area (Å²) in [7, 11) is 1.60. The van der Waals surface area contributed by atoms with Crippen LogP contribution in [0.2, 0.25) is 0 Å². The molecule has 0 bridgehead atoms. The lowest BCUT2D eigenvalue weighted by Crippen LogP contribution is -2.15. The third-order valence-corrected chi connectivity index (χ3v) is 3.63. The molecule has 0 fully saturated rings. The number of ether oxygens (including phenoxy) is 3. The molecular weight excluding hydrogens is 374 g/mol. The first-order valence-corrected chi connectivity index (χ1v) is 8.39. The van der Waals surface area contributed by atoms with Crippen molar-refractivity contribution in [1.29, 1.82) is 0 Å². The van der Waals surface area contributed by atoms with E-state index in [9.17, 15) is 4.79 Å². The van der Waals surface area contributed by atoms with Gasteiger partial charge < -0.3 is 19.5 Å². The molecule has 0 aliphatic heterocycles. The minimum Gasteiger partial charge on any atom is -0.494 e. The zero-order valence-corrected chi connectivity index (χ0v) is 15.3. The summed E-state index contributed by atoms with van der Waals surface area (Å²) < 4.78 is 16.8. The Bertz CT molecular complexity index is 690. The summed E-state index contributed by atoms with van der Waals surface area (Å²) in [6.07, 6.45) is 0. The molecule has 0 saturated heterocycles. The quantitative estimate of drug-likeness (QED) is 0.685. The molecule has 0 radical (unpaired) electrons. The topological polar surface area (TPSA) is 56.8 Å². The highest BCUT2D eigenvalue weighted by molar-refractivity contribution is 9.10. The first kappa shape index (κ1) is 18.3. The molecular formula is C18H20BrNO4. The zero-order valence-electron chi connectivity index (χ0n) is 13.7.